The Morgan fingerprint density at radius 3 is 2.71 bits per heavy atom. The topological polar surface area (TPSA) is 3.01 Å². The molecule has 1 aliphatic heterocycles. The molecule has 2 aliphatic rings. The molecule has 0 bridgehead atoms. The van der Waals surface area contributed by atoms with Gasteiger partial charge in [0.05, 0.1) is 0 Å². The van der Waals surface area contributed by atoms with Crippen molar-refractivity contribution in [3.8, 4) is 0 Å². The molecule has 2 rings (SSSR count). The number of thioether (sulfide) groups is 1. The molecule has 0 N–H and O–H groups in total. The fourth-order valence-corrected chi connectivity index (χ4v) is 2.20. The molecule has 71 valence electrons. The minimum absolute atomic E-state index is 0. The molecule has 0 aromatic rings. The van der Waals surface area contributed by atoms with Crippen molar-refractivity contribution in [3.05, 3.63) is 34.4 Å². The van der Waals surface area contributed by atoms with Gasteiger partial charge in [-0.3, -0.25) is 22.3 Å². The Kier molecular flexibility index (Phi) is 4.82. The summed E-state index contributed by atoms with van der Waals surface area (Å²) in [6.07, 6.45) is 15.1. The van der Waals surface area contributed by atoms with Gasteiger partial charge in [0.1, 0.15) is 13.3 Å². The van der Waals surface area contributed by atoms with Crippen LogP contribution in [0.1, 0.15) is 12.8 Å². The number of hydrogen-bond donors (Lipinski definition) is 0. The van der Waals surface area contributed by atoms with Gasteiger partial charge >= 0.3 is 0 Å². The van der Waals surface area contributed by atoms with Crippen LogP contribution in [0.3, 0.4) is 0 Å². The van der Waals surface area contributed by atoms with E-state index < -0.39 is 0 Å². The SMILES string of the molecule is CSC1=CC[C-]=C1C1=[C-]CC=[N+]1C.[Y]. The van der Waals surface area contributed by atoms with Crippen LogP contribution in [0.2, 0.25) is 0 Å². The minimum Gasteiger partial charge on any atom is -0.293 e. The summed E-state index contributed by atoms with van der Waals surface area (Å²) in [5, 5.41) is 0. The molecule has 0 aromatic carbocycles. The zero-order valence-electron chi connectivity index (χ0n) is 8.50. The maximum atomic E-state index is 3.37. The number of rotatable bonds is 2. The van der Waals surface area contributed by atoms with Crippen LogP contribution in [-0.4, -0.2) is 24.1 Å². The second-order valence-electron chi connectivity index (χ2n) is 3.05. The molecule has 0 fully saturated rings. The van der Waals surface area contributed by atoms with Crippen molar-refractivity contribution in [3.63, 3.8) is 0 Å². The first kappa shape index (κ1) is 12.4. The molecular formula is C11H12NSY-. The average Bonchev–Trinajstić information content (AvgIpc) is 2.71. The van der Waals surface area contributed by atoms with Crippen molar-refractivity contribution in [2.75, 3.05) is 13.3 Å². The smallest absolute Gasteiger partial charge is 0.123 e. The van der Waals surface area contributed by atoms with E-state index in [1.165, 1.54) is 16.2 Å². The average molecular weight is 279 g/mol. The molecule has 0 saturated carbocycles. The van der Waals surface area contributed by atoms with Crippen molar-refractivity contribution in [1.29, 1.82) is 0 Å². The maximum absolute atomic E-state index is 3.37. The second kappa shape index (κ2) is 5.43. The number of allylic oxidation sites excluding steroid dienone is 4. The summed E-state index contributed by atoms with van der Waals surface area (Å²) in [7, 11) is 2.07. The second-order valence-corrected chi connectivity index (χ2v) is 3.90. The quantitative estimate of drug-likeness (QED) is 0.553. The first-order valence-electron chi connectivity index (χ1n) is 4.35. The van der Waals surface area contributed by atoms with E-state index in [1.807, 2.05) is 0 Å². The molecule has 0 unspecified atom stereocenters. The molecule has 1 radical (unpaired) electrons. The summed E-state index contributed by atoms with van der Waals surface area (Å²) in [5.41, 5.74) is 2.43. The molecule has 0 saturated heterocycles. The first-order chi connectivity index (χ1) is 6.33. The first-order valence-corrected chi connectivity index (χ1v) is 5.58. The van der Waals surface area contributed by atoms with Crippen molar-refractivity contribution in [2.45, 2.75) is 12.8 Å². The molecule has 1 heterocycles. The molecule has 14 heavy (non-hydrogen) atoms. The third-order valence-electron chi connectivity index (χ3n) is 2.26. The van der Waals surface area contributed by atoms with Gasteiger partial charge < -0.3 is 0 Å². The van der Waals surface area contributed by atoms with Gasteiger partial charge in [-0.05, 0) is 12.7 Å². The Labute approximate surface area is 115 Å². The minimum atomic E-state index is 0. The van der Waals surface area contributed by atoms with E-state index in [0.29, 0.717) is 0 Å². The van der Waals surface area contributed by atoms with E-state index in [1.54, 1.807) is 11.8 Å². The molecule has 0 aromatic heterocycles. The van der Waals surface area contributed by atoms with E-state index in [9.17, 15) is 0 Å². The van der Waals surface area contributed by atoms with Gasteiger partial charge in [-0.1, -0.05) is 12.1 Å². The monoisotopic (exact) mass is 279 g/mol. The molecule has 0 atom stereocenters. The van der Waals surface area contributed by atoms with E-state index >= 15 is 0 Å². The normalized spacial score (nSPS) is 19.6. The van der Waals surface area contributed by atoms with Crippen molar-refractivity contribution in [2.24, 2.45) is 0 Å². The van der Waals surface area contributed by atoms with Crippen LogP contribution in [0.5, 0.6) is 0 Å². The van der Waals surface area contributed by atoms with Gasteiger partial charge in [0.15, 0.2) is 0 Å². The van der Waals surface area contributed by atoms with Crippen LogP contribution in [0.15, 0.2) is 22.3 Å². The Balaban J connectivity index is 0.000000980. The van der Waals surface area contributed by atoms with E-state index in [4.69, 9.17) is 0 Å². The number of hydrogen-bond acceptors (Lipinski definition) is 1. The third kappa shape index (κ3) is 2.29. The summed E-state index contributed by atoms with van der Waals surface area (Å²) in [4.78, 5) is 1.34. The van der Waals surface area contributed by atoms with Crippen molar-refractivity contribution >= 4 is 18.0 Å². The van der Waals surface area contributed by atoms with Crippen molar-refractivity contribution in [1.82, 2.24) is 0 Å². The van der Waals surface area contributed by atoms with Gasteiger partial charge in [-0.25, -0.2) is 11.8 Å². The van der Waals surface area contributed by atoms with Crippen LogP contribution in [0.4, 0.5) is 0 Å². The van der Waals surface area contributed by atoms with Gasteiger partial charge in [0.2, 0.25) is 0 Å². The predicted molar refractivity (Wildman–Crippen MR) is 56.6 cm³/mol. The van der Waals surface area contributed by atoms with Gasteiger partial charge in [0.25, 0.3) is 0 Å². The van der Waals surface area contributed by atoms with E-state index in [0.717, 1.165) is 12.8 Å². The Morgan fingerprint density at radius 2 is 2.14 bits per heavy atom. The fraction of sp³-hybridized carbons (Fsp3) is 0.364. The molecule has 0 amide bonds. The molecular weight excluding hydrogens is 267 g/mol. The number of nitrogens with zero attached hydrogens (tertiary/aromatic N) is 1. The standard InChI is InChI=1S/C11H12NS.Y/c1-12-8-4-6-10(12)9-5-3-7-11(9)13-2;/h7-8H,3-4H2,1-2H3;/q-1;. The Bertz CT molecular complexity index is 350. The van der Waals surface area contributed by atoms with E-state index in [2.05, 4.69) is 42.3 Å². The molecule has 1 aliphatic carbocycles. The van der Waals surface area contributed by atoms with Crippen LogP contribution in [0.25, 0.3) is 0 Å². The van der Waals surface area contributed by atoms with Crippen molar-refractivity contribution < 1.29 is 37.3 Å². The van der Waals surface area contributed by atoms with Crippen LogP contribution < -0.4 is 0 Å². The Hall–Kier alpha value is 0.344. The zero-order valence-corrected chi connectivity index (χ0v) is 12.2. The number of likely N-dealkylation sites (N-methyl/N-ethyl adjacent to an activating group) is 1. The molecule has 1 nitrogen and oxygen atoms in total. The summed E-state index contributed by atoms with van der Waals surface area (Å²) < 4.78 is 2.14. The van der Waals surface area contributed by atoms with Gasteiger partial charge in [0, 0.05) is 32.7 Å². The summed E-state index contributed by atoms with van der Waals surface area (Å²) in [6.45, 7) is 0. The third-order valence-corrected chi connectivity index (χ3v) is 3.07. The van der Waals surface area contributed by atoms with E-state index in [-0.39, 0.29) is 32.7 Å². The predicted octanol–water partition coefficient (Wildman–Crippen LogP) is 2.17. The summed E-state index contributed by atoms with van der Waals surface area (Å²) >= 11 is 1.79. The van der Waals surface area contributed by atoms with Crippen LogP contribution in [0, 0.1) is 12.2 Å². The maximum Gasteiger partial charge on any atom is 0.123 e. The summed E-state index contributed by atoms with van der Waals surface area (Å²) in [6, 6.07) is 0. The fourth-order valence-electron chi connectivity index (χ4n) is 1.58. The zero-order chi connectivity index (χ0) is 9.26. The van der Waals surface area contributed by atoms with Crippen LogP contribution >= 0.6 is 11.8 Å². The largest absolute Gasteiger partial charge is 0.293 e. The molecule has 3 heteroatoms. The Morgan fingerprint density at radius 1 is 1.36 bits per heavy atom. The van der Waals surface area contributed by atoms with Gasteiger partial charge in [-0.2, -0.15) is 11.0 Å². The van der Waals surface area contributed by atoms with Crippen LogP contribution in [-0.2, 0) is 32.7 Å². The van der Waals surface area contributed by atoms with Gasteiger partial charge in [-0.15, -0.1) is 0 Å². The molecule has 0 spiro atoms. The summed E-state index contributed by atoms with van der Waals surface area (Å²) in [5.74, 6) is 0.